The van der Waals surface area contributed by atoms with Gasteiger partial charge in [0.15, 0.2) is 16.9 Å². The van der Waals surface area contributed by atoms with Gasteiger partial charge in [0, 0.05) is 27.7 Å². The van der Waals surface area contributed by atoms with E-state index in [1.54, 1.807) is 27.7 Å². The van der Waals surface area contributed by atoms with Crippen LogP contribution in [0.15, 0.2) is 0 Å². The average molecular weight is 231 g/mol. The monoisotopic (exact) mass is 231 g/mol. The molecule has 0 bridgehead atoms. The largest absolute Gasteiger partial charge is 0.623 e. The van der Waals surface area contributed by atoms with E-state index in [4.69, 9.17) is 0 Å². The van der Waals surface area contributed by atoms with Gasteiger partial charge in [-0.05, 0) is 6.92 Å². The summed E-state index contributed by atoms with van der Waals surface area (Å²) >= 11 is 0. The number of ether oxygens (including phenoxy) is 1. The summed E-state index contributed by atoms with van der Waals surface area (Å²) in [4.78, 5) is 11.3. The van der Waals surface area contributed by atoms with E-state index >= 15 is 0 Å². The van der Waals surface area contributed by atoms with Crippen LogP contribution < -0.4 is 0 Å². The molecule has 0 radical (unpaired) electrons. The molecule has 16 heavy (non-hydrogen) atoms. The summed E-state index contributed by atoms with van der Waals surface area (Å²) in [7, 11) is 1.20. The fourth-order valence-corrected chi connectivity index (χ4v) is 1.81. The van der Waals surface area contributed by atoms with E-state index in [0.29, 0.717) is 5.71 Å². The minimum atomic E-state index is -1.66. The van der Waals surface area contributed by atoms with Crippen LogP contribution in [0.4, 0.5) is 0 Å². The quantitative estimate of drug-likeness (QED) is 0.258. The topological polar surface area (TPSA) is 72.6 Å². The lowest BCUT2D eigenvalue weighted by atomic mass is 9.88. The Morgan fingerprint density at radius 3 is 2.12 bits per heavy atom. The predicted molar refractivity (Wildman–Crippen MR) is 61.3 cm³/mol. The molecule has 0 spiro atoms. The first-order chi connectivity index (χ1) is 7.04. The maximum Gasteiger partial charge on any atom is 0.337 e. The second-order valence-electron chi connectivity index (χ2n) is 5.00. The van der Waals surface area contributed by atoms with Crippen LogP contribution in [0.2, 0.25) is 0 Å². The molecule has 0 aromatic carbocycles. The Balaban J connectivity index is 4.98. The summed E-state index contributed by atoms with van der Waals surface area (Å²) < 4.78 is 5.28. The molecule has 0 aliphatic heterocycles. The van der Waals surface area contributed by atoms with Gasteiger partial charge in [-0.3, -0.25) is 0 Å². The molecule has 0 aliphatic rings. The molecule has 0 heterocycles. The number of hydroxylamine groups is 1. The van der Waals surface area contributed by atoms with E-state index in [-0.39, 0.29) is 6.42 Å². The Bertz CT molecular complexity index is 301. The van der Waals surface area contributed by atoms with Crippen LogP contribution in [0.3, 0.4) is 0 Å². The fraction of sp³-hybridized carbons (Fsp3) is 0.818. The highest BCUT2D eigenvalue weighted by molar-refractivity contribution is 5.78. The number of aliphatic hydroxyl groups is 1. The van der Waals surface area contributed by atoms with Crippen molar-refractivity contribution >= 4 is 11.7 Å². The maximum atomic E-state index is 11.8. The van der Waals surface area contributed by atoms with Gasteiger partial charge in [-0.2, -0.15) is 0 Å². The molecule has 0 aromatic heterocycles. The van der Waals surface area contributed by atoms with Crippen LogP contribution in [-0.2, 0) is 9.53 Å². The second kappa shape index (κ2) is 4.82. The van der Waals surface area contributed by atoms with Gasteiger partial charge in [0.1, 0.15) is 0 Å². The molecular formula is C11H21NO4. The zero-order valence-corrected chi connectivity index (χ0v) is 10.8. The number of methoxy groups -OCH3 is 1. The number of hydrogen-bond donors (Lipinski definition) is 1. The molecule has 5 heteroatoms. The first kappa shape index (κ1) is 14.9. The van der Waals surface area contributed by atoms with Crippen molar-refractivity contribution in [2.24, 2.45) is 0 Å². The van der Waals surface area contributed by atoms with Crippen LogP contribution in [0.25, 0.3) is 0 Å². The summed E-state index contributed by atoms with van der Waals surface area (Å²) in [5.41, 5.74) is -1.95. The number of esters is 1. The van der Waals surface area contributed by atoms with Crippen LogP contribution in [0.1, 0.15) is 41.0 Å². The Morgan fingerprint density at radius 2 is 1.81 bits per heavy atom. The van der Waals surface area contributed by atoms with Crippen molar-refractivity contribution in [2.75, 3.05) is 7.11 Å². The number of nitrogens with zero attached hydrogens (tertiary/aromatic N) is 1. The molecule has 0 saturated heterocycles. The molecule has 1 N–H and O–H groups in total. The van der Waals surface area contributed by atoms with Gasteiger partial charge < -0.3 is 15.1 Å². The van der Waals surface area contributed by atoms with E-state index in [0.717, 1.165) is 4.74 Å². The molecule has 94 valence electrons. The van der Waals surface area contributed by atoms with E-state index in [1.165, 1.54) is 14.0 Å². The third-order valence-corrected chi connectivity index (χ3v) is 2.36. The Kier molecular flexibility index (Phi) is 4.49. The third-order valence-electron chi connectivity index (χ3n) is 2.36. The molecule has 1 unspecified atom stereocenters. The standard InChI is InChI=1S/C11H21NO4/c1-8(2)12(15)10(3,4)7-11(5,14)9(13)16-6/h14H,7H2,1-6H3. The fourth-order valence-electron chi connectivity index (χ4n) is 1.81. The first-order valence-electron chi connectivity index (χ1n) is 5.13. The lowest BCUT2D eigenvalue weighted by Gasteiger charge is -2.31. The summed E-state index contributed by atoms with van der Waals surface area (Å²) in [6.07, 6.45) is 0.00134. The van der Waals surface area contributed by atoms with E-state index in [9.17, 15) is 15.1 Å². The van der Waals surface area contributed by atoms with E-state index in [2.05, 4.69) is 4.74 Å². The molecule has 0 rings (SSSR count). The SMILES string of the molecule is COC(=O)C(C)(O)CC(C)(C)[N+]([O-])=C(C)C. The van der Waals surface area contributed by atoms with Crippen molar-refractivity contribution in [3.8, 4) is 0 Å². The summed E-state index contributed by atoms with van der Waals surface area (Å²) in [6.45, 7) is 8.05. The average Bonchev–Trinajstić information content (AvgIpc) is 2.13. The first-order valence-corrected chi connectivity index (χ1v) is 5.13. The number of hydrogen-bond acceptors (Lipinski definition) is 4. The molecule has 0 saturated carbocycles. The van der Waals surface area contributed by atoms with E-state index < -0.39 is 17.1 Å². The molecule has 1 atom stereocenters. The second-order valence-corrected chi connectivity index (χ2v) is 5.00. The minimum absolute atomic E-state index is 0.00134. The third kappa shape index (κ3) is 3.48. The van der Waals surface area contributed by atoms with Crippen molar-refractivity contribution in [3.63, 3.8) is 0 Å². The number of carbonyl (C=O) groups is 1. The normalized spacial score (nSPS) is 15.2. The zero-order valence-electron chi connectivity index (χ0n) is 10.8. The van der Waals surface area contributed by atoms with Crippen LogP contribution >= 0.6 is 0 Å². The van der Waals surface area contributed by atoms with Crippen molar-refractivity contribution in [1.82, 2.24) is 0 Å². The number of carbonyl (C=O) groups excluding carboxylic acids is 1. The van der Waals surface area contributed by atoms with Crippen LogP contribution in [0, 0.1) is 5.21 Å². The Morgan fingerprint density at radius 1 is 1.38 bits per heavy atom. The van der Waals surface area contributed by atoms with Gasteiger partial charge in [-0.15, -0.1) is 0 Å². The maximum absolute atomic E-state index is 11.8. The van der Waals surface area contributed by atoms with Gasteiger partial charge >= 0.3 is 5.97 Å². The Labute approximate surface area is 96.3 Å². The molecule has 0 aliphatic carbocycles. The van der Waals surface area contributed by atoms with Crippen LogP contribution in [0.5, 0.6) is 0 Å². The smallest absolute Gasteiger partial charge is 0.337 e. The highest BCUT2D eigenvalue weighted by Crippen LogP contribution is 2.24. The lowest BCUT2D eigenvalue weighted by molar-refractivity contribution is -0.545. The van der Waals surface area contributed by atoms with Crippen LogP contribution in [-0.4, -0.2) is 39.8 Å². The summed E-state index contributed by atoms with van der Waals surface area (Å²) in [5.74, 6) is -0.734. The summed E-state index contributed by atoms with van der Waals surface area (Å²) in [6, 6.07) is 0. The molecular weight excluding hydrogens is 210 g/mol. The highest BCUT2D eigenvalue weighted by Gasteiger charge is 2.42. The number of rotatable bonds is 4. The molecule has 0 aromatic rings. The summed E-state index contributed by atoms with van der Waals surface area (Å²) in [5, 5.41) is 21.7. The van der Waals surface area contributed by atoms with Gasteiger partial charge in [-0.1, -0.05) is 0 Å². The van der Waals surface area contributed by atoms with Crippen molar-refractivity contribution in [1.29, 1.82) is 0 Å². The van der Waals surface area contributed by atoms with E-state index in [1.807, 2.05) is 0 Å². The predicted octanol–water partition coefficient (Wildman–Crippen LogP) is 1.07. The van der Waals surface area contributed by atoms with Crippen molar-refractivity contribution in [3.05, 3.63) is 5.21 Å². The van der Waals surface area contributed by atoms with Gasteiger partial charge in [0.05, 0.1) is 13.5 Å². The van der Waals surface area contributed by atoms with Crippen molar-refractivity contribution < 1.29 is 19.4 Å². The van der Waals surface area contributed by atoms with Gasteiger partial charge in [-0.25, -0.2) is 9.53 Å². The molecule has 0 fully saturated rings. The van der Waals surface area contributed by atoms with Gasteiger partial charge in [0.25, 0.3) is 0 Å². The lowest BCUT2D eigenvalue weighted by Crippen LogP contribution is -2.47. The Hall–Kier alpha value is -1.10. The zero-order chi connectivity index (χ0) is 13.1. The van der Waals surface area contributed by atoms with Gasteiger partial charge in [0.2, 0.25) is 0 Å². The van der Waals surface area contributed by atoms with Crippen molar-refractivity contribution in [2.45, 2.75) is 52.2 Å². The minimum Gasteiger partial charge on any atom is -0.623 e. The molecule has 0 amide bonds. The molecule has 5 nitrogen and oxygen atoms in total. The highest BCUT2D eigenvalue weighted by atomic mass is 16.5.